The molecule has 0 spiro atoms. The van der Waals surface area contributed by atoms with Gasteiger partial charge in [0, 0.05) is 25.9 Å². The van der Waals surface area contributed by atoms with E-state index in [1.54, 1.807) is 29.2 Å². The second-order valence-corrected chi connectivity index (χ2v) is 14.2. The molecule has 0 bridgehead atoms. The average molecular weight is 418 g/mol. The van der Waals surface area contributed by atoms with Crippen molar-refractivity contribution in [2.75, 3.05) is 13.3 Å². The van der Waals surface area contributed by atoms with Gasteiger partial charge in [-0.2, -0.15) is 10.4 Å². The lowest BCUT2D eigenvalue weighted by molar-refractivity contribution is -0.567. The minimum Gasteiger partial charge on any atom is -0.322 e. The first-order chi connectivity index (χ1) is 14.4. The Morgan fingerprint density at radius 1 is 1.27 bits per heavy atom. The lowest BCUT2D eigenvalue weighted by Gasteiger charge is -2.14. The number of pyridine rings is 1. The molecule has 1 unspecified atom stereocenters. The predicted octanol–water partition coefficient (Wildman–Crippen LogP) is 3.47. The number of fused-ring (bicyclic) bond motifs is 1. The zero-order valence-corrected chi connectivity index (χ0v) is 18.5. The number of rotatable bonds is 7. The van der Waals surface area contributed by atoms with Crippen LogP contribution in [0.25, 0.3) is 11.4 Å². The van der Waals surface area contributed by atoms with Crippen LogP contribution in [0.2, 0.25) is 25.7 Å². The van der Waals surface area contributed by atoms with Crippen LogP contribution in [0.4, 0.5) is 0 Å². The number of nitrogens with zero attached hydrogens (tertiary/aromatic N) is 6. The molecular weight excluding hydrogens is 392 g/mol. The van der Waals surface area contributed by atoms with Gasteiger partial charge in [0.15, 0.2) is 12.0 Å². The predicted molar refractivity (Wildman–Crippen MR) is 119 cm³/mol. The summed E-state index contributed by atoms with van der Waals surface area (Å²) in [6.45, 7) is 8.30. The summed E-state index contributed by atoms with van der Waals surface area (Å²) in [4.78, 5) is 4.36. The highest BCUT2D eigenvalue weighted by Gasteiger charge is 2.28. The van der Waals surface area contributed by atoms with E-state index in [-0.39, 0.29) is 5.92 Å². The third kappa shape index (κ3) is 4.53. The van der Waals surface area contributed by atoms with Crippen LogP contribution in [0, 0.1) is 17.2 Å². The summed E-state index contributed by atoms with van der Waals surface area (Å²) in [5.74, 6) is 0.772. The molecule has 1 aliphatic carbocycles. The van der Waals surface area contributed by atoms with Crippen LogP contribution in [0.3, 0.4) is 0 Å². The topological polar surface area (TPSA) is 79.1 Å². The molecule has 0 saturated carbocycles. The summed E-state index contributed by atoms with van der Waals surface area (Å²) in [5.41, 5.74) is 3.43. The molecule has 4 rings (SSSR count). The SMILES string of the molecule is C[Si](C)(C)CCOC[N+]1=CC2C=CC(c3ccnn3-c3cc(C#N)ccn3)=CC2=N1. The Kier molecular flexibility index (Phi) is 5.57. The normalized spacial score (nSPS) is 17.8. The molecule has 2 aliphatic rings. The first kappa shape index (κ1) is 20.1. The molecule has 30 heavy (non-hydrogen) atoms. The third-order valence-electron chi connectivity index (χ3n) is 4.95. The zero-order chi connectivity index (χ0) is 21.1. The molecule has 0 radical (unpaired) electrons. The van der Waals surface area contributed by atoms with Gasteiger partial charge in [-0.3, -0.25) is 0 Å². The molecule has 8 heteroatoms. The highest BCUT2D eigenvalue weighted by Crippen LogP contribution is 2.25. The number of hydrogen-bond donors (Lipinski definition) is 0. The summed E-state index contributed by atoms with van der Waals surface area (Å²) in [5, 5.41) is 18.3. The Hall–Kier alpha value is -3.15. The first-order valence-electron chi connectivity index (χ1n) is 10.0. The molecule has 2 aromatic heterocycles. The summed E-state index contributed by atoms with van der Waals surface area (Å²) in [7, 11) is -1.09. The van der Waals surface area contributed by atoms with Crippen molar-refractivity contribution in [3.05, 3.63) is 60.1 Å². The van der Waals surface area contributed by atoms with Crippen LogP contribution < -0.4 is 0 Å². The summed E-state index contributed by atoms with van der Waals surface area (Å²) in [6, 6.07) is 8.64. The molecule has 1 atom stereocenters. The Labute approximate surface area is 177 Å². The smallest absolute Gasteiger partial charge is 0.278 e. The molecular formula is C22H25N6OSi+. The second-order valence-electron chi connectivity index (χ2n) is 8.59. The van der Waals surface area contributed by atoms with Gasteiger partial charge in [0.25, 0.3) is 6.73 Å². The van der Waals surface area contributed by atoms with Gasteiger partial charge in [0.05, 0.1) is 30.1 Å². The standard InChI is InChI=1S/C22H25N6OSi/c1-30(2,3)11-10-29-16-27-15-19-5-4-18(13-20(19)26-27)21-7-9-25-28(21)22-12-17(14-23)6-8-24-22/h4-9,12-13,15,19H,10-11,16H2,1-3H3/q+1. The Morgan fingerprint density at radius 3 is 2.93 bits per heavy atom. The van der Waals surface area contributed by atoms with E-state index in [4.69, 9.17) is 15.1 Å². The minimum atomic E-state index is -1.09. The van der Waals surface area contributed by atoms with E-state index in [1.165, 1.54) is 0 Å². The molecule has 2 aromatic rings. The molecule has 0 aromatic carbocycles. The van der Waals surface area contributed by atoms with Crippen LogP contribution in [0.5, 0.6) is 0 Å². The van der Waals surface area contributed by atoms with E-state index in [1.807, 2.05) is 10.8 Å². The van der Waals surface area contributed by atoms with Crippen molar-refractivity contribution in [2.24, 2.45) is 11.0 Å². The van der Waals surface area contributed by atoms with Gasteiger partial charge in [-0.05, 0) is 29.4 Å². The number of aromatic nitrogens is 3. The number of hydrazone groups is 1. The summed E-state index contributed by atoms with van der Waals surface area (Å²) in [6.07, 6.45) is 11.7. The van der Waals surface area contributed by atoms with Crippen molar-refractivity contribution in [3.8, 4) is 11.9 Å². The van der Waals surface area contributed by atoms with Crippen LogP contribution in [-0.2, 0) is 4.74 Å². The van der Waals surface area contributed by atoms with E-state index in [0.717, 1.165) is 29.6 Å². The molecule has 0 amide bonds. The van der Waals surface area contributed by atoms with Crippen molar-refractivity contribution in [1.82, 2.24) is 14.8 Å². The van der Waals surface area contributed by atoms with Crippen LogP contribution in [0.1, 0.15) is 11.3 Å². The Morgan fingerprint density at radius 2 is 2.13 bits per heavy atom. The van der Waals surface area contributed by atoms with Gasteiger partial charge in [-0.1, -0.05) is 36.5 Å². The molecule has 0 saturated heterocycles. The minimum absolute atomic E-state index is 0.158. The van der Waals surface area contributed by atoms with Crippen LogP contribution in [0.15, 0.2) is 53.9 Å². The lowest BCUT2D eigenvalue weighted by atomic mass is 9.95. The van der Waals surface area contributed by atoms with E-state index in [2.05, 4.69) is 60.2 Å². The fraction of sp³-hybridized carbons (Fsp3) is 0.318. The zero-order valence-electron chi connectivity index (χ0n) is 17.5. The van der Waals surface area contributed by atoms with Crippen molar-refractivity contribution < 1.29 is 9.42 Å². The monoisotopic (exact) mass is 417 g/mol. The number of nitriles is 1. The lowest BCUT2D eigenvalue weighted by Crippen LogP contribution is -2.22. The van der Waals surface area contributed by atoms with Crippen LogP contribution in [-0.4, -0.2) is 52.8 Å². The Bertz CT molecular complexity index is 1110. The maximum Gasteiger partial charge on any atom is 0.278 e. The molecule has 152 valence electrons. The molecule has 7 nitrogen and oxygen atoms in total. The van der Waals surface area contributed by atoms with Gasteiger partial charge in [0.1, 0.15) is 11.6 Å². The van der Waals surface area contributed by atoms with Crippen molar-refractivity contribution in [1.29, 1.82) is 5.26 Å². The van der Waals surface area contributed by atoms with E-state index < -0.39 is 8.07 Å². The highest BCUT2D eigenvalue weighted by molar-refractivity contribution is 6.76. The number of allylic oxidation sites excluding steroid dienone is 4. The average Bonchev–Trinajstić information content (AvgIpc) is 3.36. The fourth-order valence-electron chi connectivity index (χ4n) is 3.27. The Balaban J connectivity index is 1.49. The van der Waals surface area contributed by atoms with Crippen molar-refractivity contribution in [3.63, 3.8) is 0 Å². The molecule has 0 N–H and O–H groups in total. The summed E-state index contributed by atoms with van der Waals surface area (Å²) >= 11 is 0. The van der Waals surface area contributed by atoms with E-state index >= 15 is 0 Å². The van der Waals surface area contributed by atoms with Crippen molar-refractivity contribution in [2.45, 2.75) is 25.7 Å². The molecule has 0 fully saturated rings. The van der Waals surface area contributed by atoms with Gasteiger partial charge in [-0.15, -0.1) is 0 Å². The van der Waals surface area contributed by atoms with Gasteiger partial charge in [0.2, 0.25) is 0 Å². The second kappa shape index (κ2) is 8.30. The van der Waals surface area contributed by atoms with Crippen LogP contribution >= 0.6 is 0 Å². The van der Waals surface area contributed by atoms with E-state index in [9.17, 15) is 0 Å². The molecule has 3 heterocycles. The fourth-order valence-corrected chi connectivity index (χ4v) is 4.03. The number of ether oxygens (including phenoxy) is 1. The largest absolute Gasteiger partial charge is 0.322 e. The number of hydrogen-bond acceptors (Lipinski definition) is 5. The van der Waals surface area contributed by atoms with Gasteiger partial charge in [-0.25, -0.2) is 9.67 Å². The quantitative estimate of drug-likeness (QED) is 0.392. The highest BCUT2D eigenvalue weighted by atomic mass is 28.3. The van der Waals surface area contributed by atoms with Crippen molar-refractivity contribution >= 4 is 25.6 Å². The van der Waals surface area contributed by atoms with Gasteiger partial charge < -0.3 is 4.74 Å². The van der Waals surface area contributed by atoms with E-state index in [0.29, 0.717) is 18.1 Å². The summed E-state index contributed by atoms with van der Waals surface area (Å²) < 4.78 is 9.45. The maximum absolute atomic E-state index is 9.16. The van der Waals surface area contributed by atoms with Gasteiger partial charge >= 0.3 is 0 Å². The maximum atomic E-state index is 9.16. The third-order valence-corrected chi connectivity index (χ3v) is 6.66. The molecule has 1 aliphatic heterocycles. The first-order valence-corrected chi connectivity index (χ1v) is 13.7.